The molecule has 0 aromatic heterocycles. The van der Waals surface area contributed by atoms with Crippen LogP contribution in [0.5, 0.6) is 11.5 Å². The summed E-state index contributed by atoms with van der Waals surface area (Å²) in [5.41, 5.74) is 5.37. The van der Waals surface area contributed by atoms with Gasteiger partial charge in [0.05, 0.1) is 0 Å². The average Bonchev–Trinajstić information content (AvgIpc) is 2.75. The number of nitrogens with one attached hydrogen (secondary N) is 1. The SMILES string of the molecule is Cc1cc(OCC(=O)NCc2ccccc2)cc(Br)c1Cc1ccc(O)c(C(C)C)c1. The van der Waals surface area contributed by atoms with E-state index in [1.54, 1.807) is 6.07 Å². The molecule has 5 heteroatoms. The average molecular weight is 482 g/mol. The van der Waals surface area contributed by atoms with Crippen molar-refractivity contribution < 1.29 is 14.6 Å². The van der Waals surface area contributed by atoms with Gasteiger partial charge >= 0.3 is 0 Å². The van der Waals surface area contributed by atoms with Gasteiger partial charge in [0.25, 0.3) is 5.91 Å². The van der Waals surface area contributed by atoms with Crippen LogP contribution in [0.4, 0.5) is 0 Å². The van der Waals surface area contributed by atoms with Crippen molar-refractivity contribution in [3.05, 3.63) is 93.0 Å². The Hall–Kier alpha value is -2.79. The van der Waals surface area contributed by atoms with Crippen molar-refractivity contribution in [1.29, 1.82) is 0 Å². The molecule has 3 aromatic carbocycles. The molecule has 2 N–H and O–H groups in total. The van der Waals surface area contributed by atoms with E-state index in [0.29, 0.717) is 18.0 Å². The number of hydrogen-bond acceptors (Lipinski definition) is 3. The lowest BCUT2D eigenvalue weighted by Crippen LogP contribution is -2.28. The van der Waals surface area contributed by atoms with Gasteiger partial charge in [0.15, 0.2) is 6.61 Å². The van der Waals surface area contributed by atoms with E-state index in [9.17, 15) is 9.90 Å². The summed E-state index contributed by atoms with van der Waals surface area (Å²) in [5.74, 6) is 1.08. The standard InChI is InChI=1S/C26H28BrNO3/c1-17(2)22-12-20(9-10-25(22)29)13-23-18(3)11-21(14-24(23)27)31-16-26(30)28-15-19-7-5-4-6-8-19/h4-12,14,17,29H,13,15-16H2,1-3H3,(H,28,30). The summed E-state index contributed by atoms with van der Waals surface area (Å²) >= 11 is 3.66. The van der Waals surface area contributed by atoms with Gasteiger partial charge < -0.3 is 15.2 Å². The van der Waals surface area contributed by atoms with Crippen LogP contribution in [-0.4, -0.2) is 17.6 Å². The van der Waals surface area contributed by atoms with Gasteiger partial charge in [-0.3, -0.25) is 4.79 Å². The number of phenolic OH excluding ortho intramolecular Hbond substituents is 1. The number of hydrogen-bond donors (Lipinski definition) is 2. The molecule has 1 amide bonds. The molecule has 31 heavy (non-hydrogen) atoms. The molecule has 0 saturated carbocycles. The van der Waals surface area contributed by atoms with Gasteiger partial charge in [-0.15, -0.1) is 0 Å². The molecule has 162 valence electrons. The van der Waals surface area contributed by atoms with Crippen LogP contribution in [0.1, 0.15) is 47.6 Å². The second-order valence-electron chi connectivity index (χ2n) is 7.98. The highest BCUT2D eigenvalue weighted by Crippen LogP contribution is 2.31. The van der Waals surface area contributed by atoms with Gasteiger partial charge in [-0.1, -0.05) is 72.2 Å². The number of amides is 1. The highest BCUT2D eigenvalue weighted by Gasteiger charge is 2.12. The number of carbonyl (C=O) groups excluding carboxylic acids is 1. The summed E-state index contributed by atoms with van der Waals surface area (Å²) in [7, 11) is 0. The van der Waals surface area contributed by atoms with Gasteiger partial charge in [0, 0.05) is 11.0 Å². The predicted octanol–water partition coefficient (Wildman–Crippen LogP) is 5.87. The largest absolute Gasteiger partial charge is 0.508 e. The zero-order valence-electron chi connectivity index (χ0n) is 18.1. The molecule has 0 atom stereocenters. The van der Waals surface area contributed by atoms with E-state index in [4.69, 9.17) is 4.74 Å². The first kappa shape index (κ1) is 22.9. The topological polar surface area (TPSA) is 58.6 Å². The van der Waals surface area contributed by atoms with Crippen molar-refractivity contribution in [3.63, 3.8) is 0 Å². The Morgan fingerprint density at radius 2 is 1.81 bits per heavy atom. The van der Waals surface area contributed by atoms with E-state index in [0.717, 1.165) is 38.7 Å². The maximum Gasteiger partial charge on any atom is 0.258 e. The third kappa shape index (κ3) is 6.34. The molecule has 0 unspecified atom stereocenters. The van der Waals surface area contributed by atoms with Gasteiger partial charge in [0.1, 0.15) is 11.5 Å². The van der Waals surface area contributed by atoms with Crippen LogP contribution in [0.3, 0.4) is 0 Å². The van der Waals surface area contributed by atoms with E-state index in [1.807, 2.05) is 55.5 Å². The lowest BCUT2D eigenvalue weighted by atomic mass is 9.95. The molecule has 0 aliphatic heterocycles. The number of carbonyl (C=O) groups is 1. The van der Waals surface area contributed by atoms with Gasteiger partial charge in [0.2, 0.25) is 0 Å². The number of aryl methyl sites for hydroxylation is 1. The second-order valence-corrected chi connectivity index (χ2v) is 8.83. The summed E-state index contributed by atoms with van der Waals surface area (Å²) in [6.45, 7) is 6.62. The fraction of sp³-hybridized carbons (Fsp3) is 0.269. The van der Waals surface area contributed by atoms with Crippen LogP contribution in [0, 0.1) is 6.92 Å². The maximum atomic E-state index is 12.1. The minimum absolute atomic E-state index is 0.0340. The first-order valence-electron chi connectivity index (χ1n) is 10.4. The molecule has 0 heterocycles. The fourth-order valence-corrected chi connectivity index (χ4v) is 4.11. The Kier molecular flexibility index (Phi) is 7.75. The molecule has 0 radical (unpaired) electrons. The zero-order valence-corrected chi connectivity index (χ0v) is 19.7. The lowest BCUT2D eigenvalue weighted by molar-refractivity contribution is -0.123. The highest BCUT2D eigenvalue weighted by atomic mass is 79.9. The van der Waals surface area contributed by atoms with Crippen molar-refractivity contribution >= 4 is 21.8 Å². The molecular formula is C26H28BrNO3. The zero-order chi connectivity index (χ0) is 22.4. The summed E-state index contributed by atoms with van der Waals surface area (Å²) in [6.07, 6.45) is 0.740. The Labute approximate surface area is 192 Å². The molecule has 0 spiro atoms. The van der Waals surface area contributed by atoms with Crippen LogP contribution in [0.15, 0.2) is 65.1 Å². The first-order valence-corrected chi connectivity index (χ1v) is 11.2. The Morgan fingerprint density at radius 1 is 1.06 bits per heavy atom. The van der Waals surface area contributed by atoms with Crippen molar-refractivity contribution in [2.45, 2.75) is 39.7 Å². The number of rotatable bonds is 8. The van der Waals surface area contributed by atoms with Crippen molar-refractivity contribution in [2.75, 3.05) is 6.61 Å². The van der Waals surface area contributed by atoms with Crippen molar-refractivity contribution in [1.82, 2.24) is 5.32 Å². The van der Waals surface area contributed by atoms with Crippen LogP contribution in [-0.2, 0) is 17.8 Å². The molecule has 0 bridgehead atoms. The Balaban J connectivity index is 1.62. The third-order valence-corrected chi connectivity index (χ3v) is 5.90. The minimum atomic E-state index is -0.160. The number of halogens is 1. The van der Waals surface area contributed by atoms with E-state index in [-0.39, 0.29) is 18.4 Å². The quantitative estimate of drug-likeness (QED) is 0.422. The summed E-state index contributed by atoms with van der Waals surface area (Å²) in [6, 6.07) is 19.4. The van der Waals surface area contributed by atoms with Crippen molar-refractivity contribution in [2.24, 2.45) is 0 Å². The smallest absolute Gasteiger partial charge is 0.258 e. The maximum absolute atomic E-state index is 12.1. The highest BCUT2D eigenvalue weighted by molar-refractivity contribution is 9.10. The van der Waals surface area contributed by atoms with Gasteiger partial charge in [-0.05, 0) is 65.3 Å². The lowest BCUT2D eigenvalue weighted by Gasteiger charge is -2.15. The number of aromatic hydroxyl groups is 1. The minimum Gasteiger partial charge on any atom is -0.508 e. The van der Waals surface area contributed by atoms with E-state index in [2.05, 4.69) is 41.2 Å². The molecule has 0 aliphatic carbocycles. The number of ether oxygens (including phenoxy) is 1. The molecule has 3 rings (SSSR count). The van der Waals surface area contributed by atoms with Gasteiger partial charge in [-0.25, -0.2) is 0 Å². The van der Waals surface area contributed by atoms with Gasteiger partial charge in [-0.2, -0.15) is 0 Å². The van der Waals surface area contributed by atoms with Crippen LogP contribution in [0.25, 0.3) is 0 Å². The van der Waals surface area contributed by atoms with Crippen LogP contribution in [0.2, 0.25) is 0 Å². The molecular weight excluding hydrogens is 454 g/mol. The molecule has 3 aromatic rings. The fourth-order valence-electron chi connectivity index (χ4n) is 3.43. The molecule has 0 saturated heterocycles. The summed E-state index contributed by atoms with van der Waals surface area (Å²) in [4.78, 5) is 12.1. The Morgan fingerprint density at radius 3 is 2.48 bits per heavy atom. The first-order chi connectivity index (χ1) is 14.8. The number of benzene rings is 3. The van der Waals surface area contributed by atoms with E-state index in [1.165, 1.54) is 0 Å². The third-order valence-electron chi connectivity index (χ3n) is 5.19. The van der Waals surface area contributed by atoms with Crippen molar-refractivity contribution in [3.8, 4) is 11.5 Å². The predicted molar refractivity (Wildman–Crippen MR) is 128 cm³/mol. The second kappa shape index (κ2) is 10.5. The normalized spacial score (nSPS) is 10.9. The Bertz CT molecular complexity index is 1020. The molecule has 0 aliphatic rings. The monoisotopic (exact) mass is 481 g/mol. The van der Waals surface area contributed by atoms with E-state index >= 15 is 0 Å². The van der Waals surface area contributed by atoms with E-state index < -0.39 is 0 Å². The summed E-state index contributed by atoms with van der Waals surface area (Å²) in [5, 5.41) is 12.9. The molecule has 0 fully saturated rings. The van der Waals surface area contributed by atoms with Crippen LogP contribution < -0.4 is 10.1 Å². The summed E-state index contributed by atoms with van der Waals surface area (Å²) < 4.78 is 6.65. The molecule has 4 nitrogen and oxygen atoms in total. The van der Waals surface area contributed by atoms with Crippen LogP contribution >= 0.6 is 15.9 Å². The number of phenols is 1.